The Morgan fingerprint density at radius 2 is 1.64 bits per heavy atom. The summed E-state index contributed by atoms with van der Waals surface area (Å²) in [5.74, 6) is -1.35. The van der Waals surface area contributed by atoms with Crippen molar-refractivity contribution >= 4 is 17.8 Å². The highest BCUT2D eigenvalue weighted by Crippen LogP contribution is 2.45. The van der Waals surface area contributed by atoms with E-state index in [9.17, 15) is 14.4 Å². The Morgan fingerprint density at radius 3 is 2.18 bits per heavy atom. The molecule has 2 aliphatic heterocycles. The molecule has 0 saturated carbocycles. The van der Waals surface area contributed by atoms with Crippen LogP contribution in [0.3, 0.4) is 0 Å². The second kappa shape index (κ2) is 4.78. The molecule has 0 aliphatic carbocycles. The molecule has 0 N–H and O–H groups in total. The van der Waals surface area contributed by atoms with Crippen molar-refractivity contribution in [1.29, 1.82) is 0 Å². The minimum atomic E-state index is -1.79. The molecule has 2 fully saturated rings. The van der Waals surface area contributed by atoms with E-state index in [0.29, 0.717) is 12.0 Å². The van der Waals surface area contributed by atoms with Gasteiger partial charge in [-0.3, -0.25) is 19.4 Å². The first-order chi connectivity index (χ1) is 10.4. The van der Waals surface area contributed by atoms with E-state index in [2.05, 4.69) is 6.58 Å². The van der Waals surface area contributed by atoms with E-state index in [1.807, 2.05) is 30.3 Å². The second-order valence-electron chi connectivity index (χ2n) is 5.52. The number of nitrogens with zero attached hydrogens (tertiary/aromatic N) is 2. The van der Waals surface area contributed by atoms with Crippen LogP contribution in [0.2, 0.25) is 0 Å². The summed E-state index contributed by atoms with van der Waals surface area (Å²) in [4.78, 5) is 38.8. The first-order valence-electron chi connectivity index (χ1n) is 6.91. The Hall–Kier alpha value is -2.47. The Balaban J connectivity index is 2.02. The van der Waals surface area contributed by atoms with Crippen LogP contribution in [0.15, 0.2) is 42.5 Å². The topological polar surface area (TPSA) is 66.9 Å². The number of benzene rings is 1. The molecule has 2 heterocycles. The van der Waals surface area contributed by atoms with E-state index in [1.54, 1.807) is 0 Å². The molecule has 1 aromatic carbocycles. The van der Waals surface area contributed by atoms with Crippen molar-refractivity contribution in [3.63, 3.8) is 0 Å². The molecule has 4 amide bonds. The average molecular weight is 300 g/mol. The summed E-state index contributed by atoms with van der Waals surface area (Å²) in [5.41, 5.74) is -0.552. The maximum absolute atomic E-state index is 12.6. The van der Waals surface area contributed by atoms with Crippen LogP contribution < -0.4 is 0 Å². The third kappa shape index (κ3) is 1.74. The zero-order valence-electron chi connectivity index (χ0n) is 12.4. The van der Waals surface area contributed by atoms with Crippen molar-refractivity contribution in [2.45, 2.75) is 18.1 Å². The van der Waals surface area contributed by atoms with Crippen LogP contribution in [0.1, 0.15) is 18.1 Å². The molecule has 3 rings (SSSR count). The van der Waals surface area contributed by atoms with E-state index in [-0.39, 0.29) is 0 Å². The van der Waals surface area contributed by atoms with Gasteiger partial charge in [0.1, 0.15) is 0 Å². The molecule has 1 unspecified atom stereocenters. The molecular formula is C16H16N2O4. The highest BCUT2D eigenvalue weighted by molar-refractivity contribution is 6.23. The summed E-state index contributed by atoms with van der Waals surface area (Å²) in [7, 11) is 2.67. The van der Waals surface area contributed by atoms with Crippen molar-refractivity contribution < 1.29 is 19.1 Å². The summed E-state index contributed by atoms with van der Waals surface area (Å²) in [5, 5.41) is 0. The predicted octanol–water partition coefficient (Wildman–Crippen LogP) is 1.49. The molecule has 1 spiro atoms. The van der Waals surface area contributed by atoms with Crippen molar-refractivity contribution in [2.75, 3.05) is 14.1 Å². The van der Waals surface area contributed by atoms with Gasteiger partial charge in [-0.15, -0.1) is 0 Å². The number of hydrogen-bond acceptors (Lipinski definition) is 4. The number of imide groups is 2. The monoisotopic (exact) mass is 300 g/mol. The van der Waals surface area contributed by atoms with Gasteiger partial charge in [0.05, 0.1) is 6.10 Å². The van der Waals surface area contributed by atoms with Crippen LogP contribution in [0.5, 0.6) is 0 Å². The number of likely N-dealkylation sites (N-methyl/N-ethyl adjacent to an activating group) is 2. The van der Waals surface area contributed by atoms with Gasteiger partial charge in [0.2, 0.25) is 5.60 Å². The zero-order valence-corrected chi connectivity index (χ0v) is 12.4. The van der Waals surface area contributed by atoms with Crippen LogP contribution in [0.4, 0.5) is 4.79 Å². The van der Waals surface area contributed by atoms with Gasteiger partial charge in [0.15, 0.2) is 0 Å². The quantitative estimate of drug-likeness (QED) is 0.582. The Morgan fingerprint density at radius 1 is 1.09 bits per heavy atom. The second-order valence-corrected chi connectivity index (χ2v) is 5.52. The lowest BCUT2D eigenvalue weighted by atomic mass is 9.89. The lowest BCUT2D eigenvalue weighted by Crippen LogP contribution is -2.67. The number of carbonyl (C=O) groups excluding carboxylic acids is 3. The molecule has 6 heteroatoms. The lowest BCUT2D eigenvalue weighted by Gasteiger charge is -2.39. The number of hydrogen-bond donors (Lipinski definition) is 0. The summed E-state index contributed by atoms with van der Waals surface area (Å²) >= 11 is 0. The molecule has 2 aliphatic rings. The molecule has 1 atom stereocenters. The van der Waals surface area contributed by atoms with Crippen molar-refractivity contribution in [2.24, 2.45) is 0 Å². The molecule has 0 bridgehead atoms. The first kappa shape index (κ1) is 14.5. The fraction of sp³-hybridized carbons (Fsp3) is 0.312. The average Bonchev–Trinajstić information content (AvgIpc) is 2.89. The number of carbonyl (C=O) groups is 3. The number of amides is 4. The summed E-state index contributed by atoms with van der Waals surface area (Å²) in [6.07, 6.45) is -0.0752. The van der Waals surface area contributed by atoms with Gasteiger partial charge in [-0.05, 0) is 11.1 Å². The van der Waals surface area contributed by atoms with E-state index in [1.165, 1.54) is 14.1 Å². The van der Waals surface area contributed by atoms with Gasteiger partial charge in [0, 0.05) is 20.5 Å². The minimum absolute atomic E-state index is 0.358. The van der Waals surface area contributed by atoms with Crippen molar-refractivity contribution in [3.8, 4) is 0 Å². The van der Waals surface area contributed by atoms with Gasteiger partial charge < -0.3 is 4.74 Å². The van der Waals surface area contributed by atoms with Gasteiger partial charge in [0.25, 0.3) is 11.8 Å². The van der Waals surface area contributed by atoms with Gasteiger partial charge in [-0.1, -0.05) is 36.9 Å². The minimum Gasteiger partial charge on any atom is -0.344 e. The van der Waals surface area contributed by atoms with E-state index in [4.69, 9.17) is 4.74 Å². The number of urea groups is 1. The third-order valence-electron chi connectivity index (χ3n) is 4.21. The van der Waals surface area contributed by atoms with Crippen LogP contribution in [-0.2, 0) is 14.3 Å². The Labute approximate surface area is 127 Å². The zero-order chi connectivity index (χ0) is 16.1. The number of ether oxygens (including phenoxy) is 1. The molecule has 6 nitrogen and oxygen atoms in total. The Kier molecular flexibility index (Phi) is 3.14. The molecule has 0 aromatic heterocycles. The molecular weight excluding hydrogens is 284 g/mol. The summed E-state index contributed by atoms with van der Waals surface area (Å²) in [6, 6.07) is 8.67. The number of rotatable bonds is 1. The highest BCUT2D eigenvalue weighted by Gasteiger charge is 2.62. The van der Waals surface area contributed by atoms with Gasteiger partial charge in [-0.2, -0.15) is 0 Å². The predicted molar refractivity (Wildman–Crippen MR) is 77.7 cm³/mol. The number of barbiturate groups is 1. The maximum Gasteiger partial charge on any atom is 0.333 e. The summed E-state index contributed by atoms with van der Waals surface area (Å²) in [6.45, 7) is 3.87. The molecule has 22 heavy (non-hydrogen) atoms. The van der Waals surface area contributed by atoms with Crippen LogP contribution in [0, 0.1) is 0 Å². The van der Waals surface area contributed by atoms with Crippen LogP contribution >= 0.6 is 0 Å². The Bertz CT molecular complexity index is 659. The van der Waals surface area contributed by atoms with Crippen molar-refractivity contribution in [3.05, 3.63) is 48.0 Å². The molecule has 114 valence electrons. The maximum atomic E-state index is 12.6. The van der Waals surface area contributed by atoms with E-state index in [0.717, 1.165) is 15.4 Å². The smallest absolute Gasteiger partial charge is 0.333 e. The highest BCUT2D eigenvalue weighted by atomic mass is 16.5. The normalized spacial score (nSPS) is 24.5. The van der Waals surface area contributed by atoms with Crippen LogP contribution in [-0.4, -0.2) is 47.3 Å². The molecule has 1 aromatic rings. The first-order valence-corrected chi connectivity index (χ1v) is 6.91. The lowest BCUT2D eigenvalue weighted by molar-refractivity contribution is -0.169. The standard InChI is InChI=1S/C16H16N2O4/c1-10-9-12(11-7-5-4-6-8-11)22-16(10)13(19)17(2)15(21)18(3)14(16)20/h4-8,12H,1,9H2,2-3H3. The summed E-state index contributed by atoms with van der Waals surface area (Å²) < 4.78 is 5.87. The SMILES string of the molecule is C=C1CC(c2ccccc2)OC12C(=O)N(C)C(=O)N(C)C2=O. The van der Waals surface area contributed by atoms with E-state index >= 15 is 0 Å². The van der Waals surface area contributed by atoms with Gasteiger partial charge in [-0.25, -0.2) is 4.79 Å². The van der Waals surface area contributed by atoms with Crippen LogP contribution in [0.25, 0.3) is 0 Å². The molecule has 0 radical (unpaired) electrons. The molecule has 2 saturated heterocycles. The largest absolute Gasteiger partial charge is 0.344 e. The van der Waals surface area contributed by atoms with Gasteiger partial charge >= 0.3 is 6.03 Å². The fourth-order valence-electron chi connectivity index (χ4n) is 2.93. The van der Waals surface area contributed by atoms with E-state index < -0.39 is 29.6 Å². The fourth-order valence-corrected chi connectivity index (χ4v) is 2.93. The third-order valence-corrected chi connectivity index (χ3v) is 4.21. The van der Waals surface area contributed by atoms with Crippen molar-refractivity contribution in [1.82, 2.24) is 9.80 Å².